The number of methoxy groups -OCH3 is 1. The molecule has 132 valence electrons. The number of anilines is 1. The lowest BCUT2D eigenvalue weighted by molar-refractivity contribution is -0.123. The Labute approximate surface area is 151 Å². The number of para-hydroxylation sites is 1. The van der Waals surface area contributed by atoms with Gasteiger partial charge in [0.1, 0.15) is 5.75 Å². The van der Waals surface area contributed by atoms with Crippen molar-refractivity contribution in [1.82, 2.24) is 10.3 Å². The van der Waals surface area contributed by atoms with E-state index in [0.717, 1.165) is 10.9 Å². The van der Waals surface area contributed by atoms with Crippen molar-refractivity contribution < 1.29 is 14.3 Å². The number of nitrogens with one attached hydrogen (secondary N) is 2. The van der Waals surface area contributed by atoms with Crippen LogP contribution in [0.25, 0.3) is 10.9 Å². The van der Waals surface area contributed by atoms with Gasteiger partial charge in [-0.2, -0.15) is 0 Å². The number of hydrogen-bond donors (Lipinski definition) is 2. The van der Waals surface area contributed by atoms with Crippen LogP contribution in [-0.4, -0.2) is 30.5 Å². The topological polar surface area (TPSA) is 80.3 Å². The number of fused-ring (bicyclic) bond motifs is 1. The summed E-state index contributed by atoms with van der Waals surface area (Å²) in [5.41, 5.74) is 2.15. The van der Waals surface area contributed by atoms with Gasteiger partial charge < -0.3 is 15.4 Å². The molecule has 6 nitrogen and oxygen atoms in total. The summed E-state index contributed by atoms with van der Waals surface area (Å²) in [6, 6.07) is 16.6. The van der Waals surface area contributed by atoms with Gasteiger partial charge in [-0.25, -0.2) is 0 Å². The zero-order valence-electron chi connectivity index (χ0n) is 14.4. The van der Waals surface area contributed by atoms with Crippen LogP contribution in [0.3, 0.4) is 0 Å². The third kappa shape index (κ3) is 4.36. The third-order valence-corrected chi connectivity index (χ3v) is 3.85. The fraction of sp³-hybridized carbons (Fsp3) is 0.150. The van der Waals surface area contributed by atoms with Crippen molar-refractivity contribution in [1.29, 1.82) is 0 Å². The highest BCUT2D eigenvalue weighted by atomic mass is 16.5. The molecule has 0 saturated carbocycles. The first-order valence-corrected chi connectivity index (χ1v) is 8.19. The Kier molecular flexibility index (Phi) is 5.43. The summed E-state index contributed by atoms with van der Waals surface area (Å²) >= 11 is 0. The number of pyridine rings is 1. The van der Waals surface area contributed by atoms with Crippen molar-refractivity contribution in [3.8, 4) is 5.75 Å². The first-order chi connectivity index (χ1) is 12.7. The molecule has 26 heavy (non-hydrogen) atoms. The van der Waals surface area contributed by atoms with E-state index in [1.54, 1.807) is 25.4 Å². The normalized spacial score (nSPS) is 10.3. The highest BCUT2D eigenvalue weighted by Crippen LogP contribution is 2.20. The molecule has 0 bridgehead atoms. The van der Waals surface area contributed by atoms with Crippen molar-refractivity contribution in [2.24, 2.45) is 0 Å². The molecule has 0 unspecified atom stereocenters. The number of carbonyl (C=O) groups is 2. The predicted octanol–water partition coefficient (Wildman–Crippen LogP) is 2.54. The minimum atomic E-state index is -0.304. The van der Waals surface area contributed by atoms with E-state index < -0.39 is 0 Å². The molecule has 0 aliphatic carbocycles. The molecular formula is C20H19N3O3. The number of nitrogens with zero attached hydrogens (tertiary/aromatic N) is 1. The fourth-order valence-electron chi connectivity index (χ4n) is 2.61. The van der Waals surface area contributed by atoms with Gasteiger partial charge in [-0.1, -0.05) is 30.3 Å². The van der Waals surface area contributed by atoms with Crippen molar-refractivity contribution in [3.05, 3.63) is 66.4 Å². The van der Waals surface area contributed by atoms with Crippen LogP contribution in [-0.2, 0) is 16.0 Å². The Balaban J connectivity index is 1.55. The molecule has 0 fully saturated rings. The van der Waals surface area contributed by atoms with E-state index in [9.17, 15) is 9.59 Å². The largest absolute Gasteiger partial charge is 0.497 e. The standard InChI is InChI=1S/C20H19N3O3/c1-26-16-8-2-5-14(11-16)12-18(24)22-13-19(25)23-17-9-3-6-15-7-4-10-21-20(15)17/h2-11H,12-13H2,1H3,(H,22,24)(H,23,25). The average Bonchev–Trinajstić information content (AvgIpc) is 2.67. The van der Waals surface area contributed by atoms with Gasteiger partial charge in [0.05, 0.1) is 31.3 Å². The first-order valence-electron chi connectivity index (χ1n) is 8.19. The minimum absolute atomic E-state index is 0.105. The van der Waals surface area contributed by atoms with Crippen LogP contribution >= 0.6 is 0 Å². The van der Waals surface area contributed by atoms with Crippen LogP contribution in [0, 0.1) is 0 Å². The summed E-state index contributed by atoms with van der Waals surface area (Å²) in [5.74, 6) is 0.156. The molecule has 0 aliphatic rings. The number of hydrogen-bond acceptors (Lipinski definition) is 4. The van der Waals surface area contributed by atoms with Crippen molar-refractivity contribution in [2.45, 2.75) is 6.42 Å². The Morgan fingerprint density at radius 1 is 1.04 bits per heavy atom. The summed E-state index contributed by atoms with van der Waals surface area (Å²) in [4.78, 5) is 28.5. The molecule has 1 aromatic heterocycles. The monoisotopic (exact) mass is 349 g/mol. The van der Waals surface area contributed by atoms with Crippen LogP contribution in [0.1, 0.15) is 5.56 Å². The lowest BCUT2D eigenvalue weighted by atomic mass is 10.1. The zero-order chi connectivity index (χ0) is 18.4. The second kappa shape index (κ2) is 8.11. The SMILES string of the molecule is COc1cccc(CC(=O)NCC(=O)Nc2cccc3cccnc23)c1. The average molecular weight is 349 g/mol. The van der Waals surface area contributed by atoms with Gasteiger partial charge in [0.25, 0.3) is 0 Å². The maximum atomic E-state index is 12.1. The van der Waals surface area contributed by atoms with Gasteiger partial charge in [-0.15, -0.1) is 0 Å². The van der Waals surface area contributed by atoms with Gasteiger partial charge >= 0.3 is 0 Å². The minimum Gasteiger partial charge on any atom is -0.497 e. The Morgan fingerprint density at radius 3 is 2.69 bits per heavy atom. The lowest BCUT2D eigenvalue weighted by Gasteiger charge is -2.09. The van der Waals surface area contributed by atoms with E-state index in [1.165, 1.54) is 0 Å². The molecule has 6 heteroatoms. The van der Waals surface area contributed by atoms with Crippen LogP contribution < -0.4 is 15.4 Å². The van der Waals surface area contributed by atoms with Gasteiger partial charge in [-0.3, -0.25) is 14.6 Å². The molecule has 2 amide bonds. The van der Waals surface area contributed by atoms with Gasteiger partial charge in [0.15, 0.2) is 0 Å². The Morgan fingerprint density at radius 2 is 1.85 bits per heavy atom. The maximum absolute atomic E-state index is 12.1. The molecular weight excluding hydrogens is 330 g/mol. The lowest BCUT2D eigenvalue weighted by Crippen LogP contribution is -2.33. The first kappa shape index (κ1) is 17.4. The van der Waals surface area contributed by atoms with E-state index in [1.807, 2.05) is 42.5 Å². The highest BCUT2D eigenvalue weighted by Gasteiger charge is 2.09. The molecule has 3 aromatic rings. The van der Waals surface area contributed by atoms with Gasteiger partial charge in [0.2, 0.25) is 11.8 Å². The van der Waals surface area contributed by atoms with Crippen molar-refractivity contribution in [3.63, 3.8) is 0 Å². The van der Waals surface area contributed by atoms with Crippen LogP contribution in [0.4, 0.5) is 5.69 Å². The summed E-state index contributed by atoms with van der Waals surface area (Å²) in [5, 5.41) is 6.35. The van der Waals surface area contributed by atoms with Crippen LogP contribution in [0.15, 0.2) is 60.8 Å². The molecule has 0 radical (unpaired) electrons. The van der Waals surface area contributed by atoms with Crippen molar-refractivity contribution >= 4 is 28.4 Å². The summed E-state index contributed by atoms with van der Waals surface area (Å²) in [6.45, 7) is -0.105. The molecule has 2 N–H and O–H groups in total. The second-order valence-electron chi connectivity index (χ2n) is 5.73. The number of ether oxygens (including phenoxy) is 1. The molecule has 0 aliphatic heterocycles. The van der Waals surface area contributed by atoms with E-state index in [2.05, 4.69) is 15.6 Å². The molecule has 0 spiro atoms. The van der Waals surface area contributed by atoms with Crippen molar-refractivity contribution in [2.75, 3.05) is 19.0 Å². The highest BCUT2D eigenvalue weighted by molar-refractivity contribution is 6.01. The van der Waals surface area contributed by atoms with E-state index in [0.29, 0.717) is 17.0 Å². The molecule has 1 heterocycles. The van der Waals surface area contributed by atoms with Crippen LogP contribution in [0.5, 0.6) is 5.75 Å². The number of amides is 2. The Bertz CT molecular complexity index is 935. The number of benzene rings is 2. The van der Waals surface area contributed by atoms with E-state index in [4.69, 9.17) is 4.74 Å². The molecule has 0 saturated heterocycles. The fourth-order valence-corrected chi connectivity index (χ4v) is 2.61. The smallest absolute Gasteiger partial charge is 0.243 e. The van der Waals surface area contributed by atoms with E-state index >= 15 is 0 Å². The van der Waals surface area contributed by atoms with Gasteiger partial charge in [-0.05, 0) is 29.8 Å². The number of carbonyl (C=O) groups excluding carboxylic acids is 2. The van der Waals surface area contributed by atoms with E-state index in [-0.39, 0.29) is 24.8 Å². The zero-order valence-corrected chi connectivity index (χ0v) is 14.4. The molecule has 3 rings (SSSR count). The molecule has 0 atom stereocenters. The molecule has 2 aromatic carbocycles. The predicted molar refractivity (Wildman–Crippen MR) is 100 cm³/mol. The second-order valence-corrected chi connectivity index (χ2v) is 5.73. The third-order valence-electron chi connectivity index (χ3n) is 3.85. The van der Waals surface area contributed by atoms with Gasteiger partial charge in [0, 0.05) is 11.6 Å². The number of aromatic nitrogens is 1. The summed E-state index contributed by atoms with van der Waals surface area (Å²) in [7, 11) is 1.58. The number of rotatable bonds is 6. The Hall–Kier alpha value is -3.41. The quantitative estimate of drug-likeness (QED) is 0.717. The summed E-state index contributed by atoms with van der Waals surface area (Å²) < 4.78 is 5.13. The maximum Gasteiger partial charge on any atom is 0.243 e. The summed E-state index contributed by atoms with van der Waals surface area (Å²) in [6.07, 6.45) is 1.86. The van der Waals surface area contributed by atoms with Crippen LogP contribution in [0.2, 0.25) is 0 Å².